The molecule has 0 spiro atoms. The van der Waals surface area contributed by atoms with Gasteiger partial charge in [-0.1, -0.05) is 21.6 Å². The number of carbonyl (C=O) groups excluding carboxylic acids is 2. The van der Waals surface area contributed by atoms with Crippen molar-refractivity contribution in [1.29, 1.82) is 0 Å². The first-order valence-corrected chi connectivity index (χ1v) is 6.22. The van der Waals surface area contributed by atoms with Crippen molar-refractivity contribution in [3.8, 4) is 0 Å². The van der Waals surface area contributed by atoms with Gasteiger partial charge in [-0.3, -0.25) is 9.59 Å². The maximum absolute atomic E-state index is 11.0. The first kappa shape index (κ1) is 10.1. The minimum Gasteiger partial charge on any atom is -0.299 e. The summed E-state index contributed by atoms with van der Waals surface area (Å²) in [4.78, 5) is 21.9. The Balaban J connectivity index is 2.39. The standard InChI is InChI=1S/C8H12O2S2/c1-5(9)7-3-4-8(6(2)10)12-11-7/h7-8H,3-4H2,1-2H3. The Kier molecular flexibility index (Phi) is 3.65. The van der Waals surface area contributed by atoms with Gasteiger partial charge in [0.25, 0.3) is 0 Å². The molecule has 4 heteroatoms. The van der Waals surface area contributed by atoms with Crippen LogP contribution in [0.2, 0.25) is 0 Å². The molecule has 2 unspecified atom stereocenters. The Morgan fingerprint density at radius 3 is 1.50 bits per heavy atom. The first-order valence-electron chi connectivity index (χ1n) is 3.94. The monoisotopic (exact) mass is 204 g/mol. The van der Waals surface area contributed by atoms with Crippen LogP contribution < -0.4 is 0 Å². The Hall–Kier alpha value is 0.0400. The first-order chi connectivity index (χ1) is 5.61. The zero-order valence-corrected chi connectivity index (χ0v) is 8.83. The number of hydrogen-bond donors (Lipinski definition) is 0. The summed E-state index contributed by atoms with van der Waals surface area (Å²) in [5.74, 6) is 0.462. The molecule has 0 bridgehead atoms. The van der Waals surface area contributed by atoms with Crippen molar-refractivity contribution >= 4 is 33.2 Å². The summed E-state index contributed by atoms with van der Waals surface area (Å²) in [6.07, 6.45) is 1.72. The Labute approximate surface area is 80.3 Å². The average molecular weight is 204 g/mol. The summed E-state index contributed by atoms with van der Waals surface area (Å²) < 4.78 is 0. The SMILES string of the molecule is CC(=O)C1CCC(C(C)=O)SS1. The molecule has 1 aliphatic rings. The van der Waals surface area contributed by atoms with Crippen molar-refractivity contribution in [3.05, 3.63) is 0 Å². The van der Waals surface area contributed by atoms with Crippen molar-refractivity contribution < 1.29 is 9.59 Å². The molecule has 1 aliphatic heterocycles. The fourth-order valence-corrected chi connectivity index (χ4v) is 4.27. The third kappa shape index (κ3) is 2.52. The predicted octanol–water partition coefficient (Wildman–Crippen LogP) is 2.08. The quantitative estimate of drug-likeness (QED) is 0.645. The fourth-order valence-electron chi connectivity index (χ4n) is 1.08. The van der Waals surface area contributed by atoms with Crippen LogP contribution in [0.1, 0.15) is 26.7 Å². The zero-order chi connectivity index (χ0) is 9.14. The van der Waals surface area contributed by atoms with Crippen LogP contribution >= 0.6 is 21.6 Å². The summed E-state index contributed by atoms with van der Waals surface area (Å²) >= 11 is 0. The molecule has 12 heavy (non-hydrogen) atoms. The molecule has 68 valence electrons. The molecule has 0 aromatic carbocycles. The third-order valence-corrected chi connectivity index (χ3v) is 5.32. The maximum Gasteiger partial charge on any atom is 0.143 e. The van der Waals surface area contributed by atoms with Crippen LogP contribution in [0.25, 0.3) is 0 Å². The normalized spacial score (nSPS) is 29.8. The topological polar surface area (TPSA) is 34.1 Å². The van der Waals surface area contributed by atoms with Gasteiger partial charge in [0.1, 0.15) is 11.6 Å². The number of rotatable bonds is 2. The average Bonchev–Trinajstić information content (AvgIpc) is 2.04. The number of carbonyl (C=O) groups is 2. The molecule has 1 rings (SSSR count). The minimum atomic E-state index is 0.116. The summed E-state index contributed by atoms with van der Waals surface area (Å²) in [6, 6.07) is 0. The van der Waals surface area contributed by atoms with Crippen LogP contribution in [0.15, 0.2) is 0 Å². The predicted molar refractivity (Wildman–Crippen MR) is 53.4 cm³/mol. The van der Waals surface area contributed by atoms with E-state index in [0.29, 0.717) is 0 Å². The second-order valence-corrected chi connectivity index (χ2v) is 5.65. The van der Waals surface area contributed by atoms with Crippen molar-refractivity contribution in [3.63, 3.8) is 0 Å². The van der Waals surface area contributed by atoms with Crippen LogP contribution in [0.3, 0.4) is 0 Å². The van der Waals surface area contributed by atoms with Crippen molar-refractivity contribution in [2.45, 2.75) is 37.2 Å². The van der Waals surface area contributed by atoms with E-state index in [1.807, 2.05) is 0 Å². The van der Waals surface area contributed by atoms with Gasteiger partial charge in [-0.15, -0.1) is 0 Å². The van der Waals surface area contributed by atoms with Crippen LogP contribution in [0.4, 0.5) is 0 Å². The van der Waals surface area contributed by atoms with Crippen molar-refractivity contribution in [1.82, 2.24) is 0 Å². The number of Topliss-reactive ketones (excluding diaryl/α,β-unsaturated/α-hetero) is 2. The Bertz CT molecular complexity index is 173. The van der Waals surface area contributed by atoms with Gasteiger partial charge in [0.05, 0.1) is 10.5 Å². The van der Waals surface area contributed by atoms with E-state index in [4.69, 9.17) is 0 Å². The lowest BCUT2D eigenvalue weighted by Gasteiger charge is -2.23. The third-order valence-electron chi connectivity index (χ3n) is 1.89. The molecule has 1 fully saturated rings. The summed E-state index contributed by atoms with van der Waals surface area (Å²) in [6.45, 7) is 3.23. The smallest absolute Gasteiger partial charge is 0.143 e. The molecule has 2 nitrogen and oxygen atoms in total. The molecular weight excluding hydrogens is 192 g/mol. The second kappa shape index (κ2) is 4.33. The van der Waals surface area contributed by atoms with Crippen molar-refractivity contribution in [2.24, 2.45) is 0 Å². The van der Waals surface area contributed by atoms with E-state index in [-0.39, 0.29) is 22.1 Å². The van der Waals surface area contributed by atoms with Crippen LogP contribution in [-0.4, -0.2) is 22.1 Å². The summed E-state index contributed by atoms with van der Waals surface area (Å²) in [5, 5.41) is 0.233. The molecule has 1 heterocycles. The molecule has 0 amide bonds. The summed E-state index contributed by atoms with van der Waals surface area (Å²) in [7, 11) is 3.11. The molecule has 0 aromatic rings. The van der Waals surface area contributed by atoms with E-state index in [1.54, 1.807) is 35.4 Å². The Morgan fingerprint density at radius 1 is 1.00 bits per heavy atom. The molecule has 0 N–H and O–H groups in total. The number of hydrogen-bond acceptors (Lipinski definition) is 4. The lowest BCUT2D eigenvalue weighted by atomic mass is 10.1. The molecule has 0 aliphatic carbocycles. The molecule has 0 aromatic heterocycles. The van der Waals surface area contributed by atoms with Crippen LogP contribution in [0, 0.1) is 0 Å². The van der Waals surface area contributed by atoms with Crippen LogP contribution in [0.5, 0.6) is 0 Å². The zero-order valence-electron chi connectivity index (χ0n) is 7.20. The van der Waals surface area contributed by atoms with Gasteiger partial charge in [-0.25, -0.2) is 0 Å². The molecular formula is C8H12O2S2. The summed E-state index contributed by atoms with van der Waals surface area (Å²) in [5.41, 5.74) is 0. The van der Waals surface area contributed by atoms with E-state index >= 15 is 0 Å². The van der Waals surface area contributed by atoms with Gasteiger partial charge in [-0.05, 0) is 26.7 Å². The largest absolute Gasteiger partial charge is 0.299 e. The minimum absolute atomic E-state index is 0.116. The molecule has 1 saturated heterocycles. The highest BCUT2D eigenvalue weighted by molar-refractivity contribution is 8.77. The highest BCUT2D eigenvalue weighted by Crippen LogP contribution is 2.41. The Morgan fingerprint density at radius 2 is 1.33 bits per heavy atom. The maximum atomic E-state index is 11.0. The lowest BCUT2D eigenvalue weighted by molar-refractivity contribution is -0.118. The van der Waals surface area contributed by atoms with Gasteiger partial charge in [0.15, 0.2) is 0 Å². The highest BCUT2D eigenvalue weighted by atomic mass is 33.1. The molecule has 0 saturated carbocycles. The van der Waals surface area contributed by atoms with Gasteiger partial charge >= 0.3 is 0 Å². The highest BCUT2D eigenvalue weighted by Gasteiger charge is 2.27. The molecule has 0 radical (unpaired) electrons. The lowest BCUT2D eigenvalue weighted by Crippen LogP contribution is -2.23. The van der Waals surface area contributed by atoms with Crippen LogP contribution in [-0.2, 0) is 9.59 Å². The second-order valence-electron chi connectivity index (χ2n) is 2.97. The van der Waals surface area contributed by atoms with Crippen molar-refractivity contribution in [2.75, 3.05) is 0 Å². The van der Waals surface area contributed by atoms with E-state index in [2.05, 4.69) is 0 Å². The van der Waals surface area contributed by atoms with Gasteiger partial charge < -0.3 is 0 Å². The fraction of sp³-hybridized carbons (Fsp3) is 0.750. The van der Waals surface area contributed by atoms with E-state index < -0.39 is 0 Å². The number of ketones is 2. The van der Waals surface area contributed by atoms with Gasteiger partial charge in [0.2, 0.25) is 0 Å². The molecule has 2 atom stereocenters. The van der Waals surface area contributed by atoms with E-state index in [1.165, 1.54) is 0 Å². The van der Waals surface area contributed by atoms with Gasteiger partial charge in [0, 0.05) is 0 Å². The van der Waals surface area contributed by atoms with E-state index in [9.17, 15) is 9.59 Å². The van der Waals surface area contributed by atoms with Gasteiger partial charge in [-0.2, -0.15) is 0 Å². The van der Waals surface area contributed by atoms with E-state index in [0.717, 1.165) is 12.8 Å².